The third-order valence-electron chi connectivity index (χ3n) is 1.59. The van der Waals surface area contributed by atoms with Crippen LogP contribution in [0.4, 0.5) is 5.82 Å². The molecule has 0 fully saturated rings. The van der Waals surface area contributed by atoms with E-state index in [1.807, 2.05) is 12.1 Å². The lowest BCUT2D eigenvalue weighted by Crippen LogP contribution is -2.05. The first-order valence-electron chi connectivity index (χ1n) is 4.17. The van der Waals surface area contributed by atoms with Gasteiger partial charge in [-0.1, -0.05) is 0 Å². The highest BCUT2D eigenvalue weighted by atomic mass is 35.5. The minimum Gasteiger partial charge on any atom is -0.493 e. The summed E-state index contributed by atoms with van der Waals surface area (Å²) in [6, 6.07) is 3.71. The predicted molar refractivity (Wildman–Crippen MR) is 54.6 cm³/mol. The van der Waals surface area contributed by atoms with Crippen LogP contribution < -0.4 is 10.1 Å². The van der Waals surface area contributed by atoms with Gasteiger partial charge in [-0.3, -0.25) is 0 Å². The van der Waals surface area contributed by atoms with Crippen molar-refractivity contribution in [3.05, 3.63) is 18.3 Å². The van der Waals surface area contributed by atoms with E-state index >= 15 is 0 Å². The number of pyridine rings is 1. The molecule has 0 aliphatic rings. The number of aromatic nitrogens is 1. The van der Waals surface area contributed by atoms with Crippen LogP contribution in [0.1, 0.15) is 6.42 Å². The van der Waals surface area contributed by atoms with Gasteiger partial charge < -0.3 is 10.1 Å². The van der Waals surface area contributed by atoms with E-state index < -0.39 is 0 Å². The molecule has 13 heavy (non-hydrogen) atoms. The molecule has 1 aromatic rings. The topological polar surface area (TPSA) is 34.1 Å². The van der Waals surface area contributed by atoms with E-state index in [0.717, 1.165) is 24.5 Å². The zero-order chi connectivity index (χ0) is 9.52. The van der Waals surface area contributed by atoms with E-state index in [0.29, 0.717) is 5.88 Å². The number of nitrogens with one attached hydrogen (secondary N) is 1. The summed E-state index contributed by atoms with van der Waals surface area (Å²) in [6.45, 7) is 0.816. The number of hydrogen-bond acceptors (Lipinski definition) is 3. The first kappa shape index (κ1) is 10.1. The van der Waals surface area contributed by atoms with E-state index in [-0.39, 0.29) is 0 Å². The van der Waals surface area contributed by atoms with Crippen molar-refractivity contribution in [2.24, 2.45) is 0 Å². The van der Waals surface area contributed by atoms with Crippen LogP contribution >= 0.6 is 11.6 Å². The van der Waals surface area contributed by atoms with Crippen molar-refractivity contribution in [2.45, 2.75) is 6.42 Å². The molecular formula is C9H13ClN2O. The Morgan fingerprint density at radius 3 is 3.15 bits per heavy atom. The number of halogens is 1. The molecule has 1 rings (SSSR count). The molecular weight excluding hydrogens is 188 g/mol. The van der Waals surface area contributed by atoms with Gasteiger partial charge in [-0.15, -0.1) is 11.6 Å². The van der Waals surface area contributed by atoms with Crippen LogP contribution in [-0.2, 0) is 0 Å². The highest BCUT2D eigenvalue weighted by Crippen LogP contribution is 2.19. The maximum Gasteiger partial charge on any atom is 0.168 e. The van der Waals surface area contributed by atoms with Crippen LogP contribution in [0.3, 0.4) is 0 Å². The van der Waals surface area contributed by atoms with Crippen LogP contribution in [0.5, 0.6) is 5.75 Å². The zero-order valence-electron chi connectivity index (χ0n) is 7.59. The summed E-state index contributed by atoms with van der Waals surface area (Å²) in [6.07, 6.45) is 2.65. The van der Waals surface area contributed by atoms with Gasteiger partial charge in [-0.2, -0.15) is 0 Å². The number of rotatable bonds is 5. The average molecular weight is 201 g/mol. The van der Waals surface area contributed by atoms with Gasteiger partial charge in [-0.05, 0) is 18.6 Å². The van der Waals surface area contributed by atoms with E-state index in [1.165, 1.54) is 0 Å². The van der Waals surface area contributed by atoms with Crippen molar-refractivity contribution in [3.63, 3.8) is 0 Å². The number of ether oxygens (including phenoxy) is 1. The second kappa shape index (κ2) is 5.65. The summed E-state index contributed by atoms with van der Waals surface area (Å²) in [5, 5.41) is 3.14. The number of hydrogen-bond donors (Lipinski definition) is 1. The summed E-state index contributed by atoms with van der Waals surface area (Å²) in [4.78, 5) is 4.14. The standard InChI is InChI=1S/C9H13ClN2O/c1-13-8-4-2-6-11-9(8)12-7-3-5-10/h2,4,6H,3,5,7H2,1H3,(H,11,12). The van der Waals surface area contributed by atoms with Gasteiger partial charge in [0.15, 0.2) is 11.6 Å². The summed E-state index contributed by atoms with van der Waals surface area (Å²) in [7, 11) is 1.63. The third-order valence-corrected chi connectivity index (χ3v) is 1.86. The van der Waals surface area contributed by atoms with Gasteiger partial charge in [0.1, 0.15) is 0 Å². The van der Waals surface area contributed by atoms with Gasteiger partial charge in [0, 0.05) is 18.6 Å². The normalized spacial score (nSPS) is 9.69. The summed E-state index contributed by atoms with van der Waals surface area (Å²) in [5.74, 6) is 2.19. The Kier molecular flexibility index (Phi) is 4.40. The Morgan fingerprint density at radius 2 is 2.46 bits per heavy atom. The van der Waals surface area contributed by atoms with Crippen LogP contribution in [0.2, 0.25) is 0 Å². The Balaban J connectivity index is 2.54. The first-order chi connectivity index (χ1) is 6.38. The van der Waals surface area contributed by atoms with Crippen LogP contribution in [0.15, 0.2) is 18.3 Å². The molecule has 1 N–H and O–H groups in total. The van der Waals surface area contributed by atoms with Gasteiger partial charge in [-0.25, -0.2) is 4.98 Å². The molecule has 0 bridgehead atoms. The molecule has 1 aromatic heterocycles. The minimum absolute atomic E-state index is 0.655. The molecule has 0 saturated heterocycles. The quantitative estimate of drug-likeness (QED) is 0.584. The minimum atomic E-state index is 0.655. The molecule has 4 heteroatoms. The Labute approximate surface area is 83.1 Å². The number of nitrogens with zero attached hydrogens (tertiary/aromatic N) is 1. The fourth-order valence-electron chi connectivity index (χ4n) is 0.962. The van der Waals surface area contributed by atoms with Crippen molar-refractivity contribution in [3.8, 4) is 5.75 Å². The third kappa shape index (κ3) is 3.11. The van der Waals surface area contributed by atoms with E-state index in [1.54, 1.807) is 13.3 Å². The molecule has 0 aliphatic carbocycles. The van der Waals surface area contributed by atoms with Gasteiger partial charge in [0.2, 0.25) is 0 Å². The lowest BCUT2D eigenvalue weighted by molar-refractivity contribution is 0.415. The second-order valence-corrected chi connectivity index (χ2v) is 2.90. The first-order valence-corrected chi connectivity index (χ1v) is 4.70. The number of methoxy groups -OCH3 is 1. The van der Waals surface area contributed by atoms with Crippen molar-refractivity contribution in [1.82, 2.24) is 4.98 Å². The van der Waals surface area contributed by atoms with Crippen molar-refractivity contribution in [1.29, 1.82) is 0 Å². The smallest absolute Gasteiger partial charge is 0.168 e. The molecule has 0 unspecified atom stereocenters. The van der Waals surface area contributed by atoms with Crippen molar-refractivity contribution < 1.29 is 4.74 Å². The molecule has 0 saturated carbocycles. The van der Waals surface area contributed by atoms with Crippen LogP contribution in [0.25, 0.3) is 0 Å². The fourth-order valence-corrected chi connectivity index (χ4v) is 1.10. The maximum absolute atomic E-state index is 5.55. The van der Waals surface area contributed by atoms with Crippen LogP contribution in [-0.4, -0.2) is 24.5 Å². The second-order valence-electron chi connectivity index (χ2n) is 2.52. The fraction of sp³-hybridized carbons (Fsp3) is 0.444. The van der Waals surface area contributed by atoms with Gasteiger partial charge in [0.25, 0.3) is 0 Å². The van der Waals surface area contributed by atoms with Gasteiger partial charge >= 0.3 is 0 Å². The Morgan fingerprint density at radius 1 is 1.62 bits per heavy atom. The molecule has 3 nitrogen and oxygen atoms in total. The molecule has 1 heterocycles. The molecule has 0 radical (unpaired) electrons. The lowest BCUT2D eigenvalue weighted by Gasteiger charge is -2.08. The summed E-state index contributed by atoms with van der Waals surface area (Å²) >= 11 is 5.55. The molecule has 0 aliphatic heterocycles. The Hall–Kier alpha value is -0.960. The highest BCUT2D eigenvalue weighted by molar-refractivity contribution is 6.17. The van der Waals surface area contributed by atoms with E-state index in [9.17, 15) is 0 Å². The van der Waals surface area contributed by atoms with Gasteiger partial charge in [0.05, 0.1) is 7.11 Å². The highest BCUT2D eigenvalue weighted by Gasteiger charge is 2.00. The van der Waals surface area contributed by atoms with E-state index in [4.69, 9.17) is 16.3 Å². The predicted octanol–water partition coefficient (Wildman–Crippen LogP) is 2.13. The van der Waals surface area contributed by atoms with Crippen molar-refractivity contribution in [2.75, 3.05) is 24.9 Å². The van der Waals surface area contributed by atoms with E-state index in [2.05, 4.69) is 10.3 Å². The average Bonchev–Trinajstić information content (AvgIpc) is 2.19. The van der Waals surface area contributed by atoms with Crippen LogP contribution in [0, 0.1) is 0 Å². The summed E-state index contributed by atoms with van der Waals surface area (Å²) < 4.78 is 5.12. The molecule has 0 amide bonds. The number of anilines is 1. The molecule has 0 atom stereocenters. The SMILES string of the molecule is COc1cccnc1NCCCCl. The lowest BCUT2D eigenvalue weighted by atomic mass is 10.4. The molecule has 72 valence electrons. The number of alkyl halides is 1. The largest absolute Gasteiger partial charge is 0.493 e. The maximum atomic E-state index is 5.55. The Bertz CT molecular complexity index is 255. The molecule has 0 spiro atoms. The summed E-state index contributed by atoms with van der Waals surface area (Å²) in [5.41, 5.74) is 0. The van der Waals surface area contributed by atoms with Crippen molar-refractivity contribution >= 4 is 17.4 Å². The monoisotopic (exact) mass is 200 g/mol. The molecule has 0 aromatic carbocycles. The zero-order valence-corrected chi connectivity index (χ0v) is 8.34.